The van der Waals surface area contributed by atoms with Gasteiger partial charge in [0.15, 0.2) is 5.65 Å². The minimum atomic E-state index is -0.249. The molecule has 1 fully saturated rings. The van der Waals surface area contributed by atoms with Crippen LogP contribution in [0.25, 0.3) is 11.2 Å². The fourth-order valence-electron chi connectivity index (χ4n) is 3.51. The number of hydrogen-bond donors (Lipinski definition) is 0. The number of hydrogen-bond acceptors (Lipinski definition) is 6. The highest BCUT2D eigenvalue weighted by molar-refractivity contribution is 5.86. The Labute approximate surface area is 170 Å². The molecule has 0 radical (unpaired) electrons. The quantitative estimate of drug-likeness (QED) is 0.798. The van der Waals surface area contributed by atoms with Crippen LogP contribution in [0.15, 0.2) is 49.1 Å². The molecule has 8 heteroatoms. The van der Waals surface area contributed by atoms with Crippen LogP contribution in [-0.2, 0) is 4.74 Å². The van der Waals surface area contributed by atoms with Gasteiger partial charge >= 0.3 is 6.09 Å². The molecular weight excluding hydrogens is 368 g/mol. The van der Waals surface area contributed by atoms with Crippen molar-refractivity contribution in [2.24, 2.45) is 0 Å². The van der Waals surface area contributed by atoms with E-state index in [0.717, 1.165) is 28.3 Å². The second kappa shape index (κ2) is 7.62. The maximum absolute atomic E-state index is 12.1. The zero-order valence-corrected chi connectivity index (χ0v) is 17.1. The topological polar surface area (TPSA) is 66.2 Å². The SMILES string of the molecule is C=C1C(c2cnn3ccc(N4CCN(C(=O)OC(C)C)CC4)nc23)=CC=CN1C. The van der Waals surface area contributed by atoms with E-state index >= 15 is 0 Å². The number of aromatic nitrogens is 3. The smallest absolute Gasteiger partial charge is 0.410 e. The summed E-state index contributed by atoms with van der Waals surface area (Å²) in [5, 5.41) is 4.44. The number of likely N-dealkylation sites (N-methyl/N-ethyl adjacent to an activating group) is 1. The van der Waals surface area contributed by atoms with E-state index in [-0.39, 0.29) is 12.2 Å². The van der Waals surface area contributed by atoms with Gasteiger partial charge in [-0.15, -0.1) is 0 Å². The van der Waals surface area contributed by atoms with E-state index in [1.165, 1.54) is 0 Å². The minimum Gasteiger partial charge on any atom is -0.447 e. The fraction of sp³-hybridized carbons (Fsp3) is 0.381. The van der Waals surface area contributed by atoms with Gasteiger partial charge in [-0.05, 0) is 26.0 Å². The van der Waals surface area contributed by atoms with Crippen molar-refractivity contribution in [2.75, 3.05) is 38.1 Å². The van der Waals surface area contributed by atoms with Crippen LogP contribution in [0, 0.1) is 0 Å². The average molecular weight is 394 g/mol. The molecule has 0 aromatic carbocycles. The van der Waals surface area contributed by atoms with E-state index in [2.05, 4.69) is 16.6 Å². The van der Waals surface area contributed by atoms with Crippen LogP contribution in [0.4, 0.5) is 10.6 Å². The number of ether oxygens (including phenoxy) is 1. The van der Waals surface area contributed by atoms with E-state index in [1.807, 2.05) is 62.6 Å². The number of carbonyl (C=O) groups excluding carboxylic acids is 1. The largest absolute Gasteiger partial charge is 0.447 e. The maximum atomic E-state index is 12.1. The standard InChI is InChI=1S/C21H26N6O2/c1-15(2)29-21(28)26-12-10-25(11-13-26)19-7-9-27-20(23-19)18(14-22-27)17-6-5-8-24(4)16(17)3/h5-9,14-15H,3,10-13H2,1-2,4H3. The molecule has 29 heavy (non-hydrogen) atoms. The van der Waals surface area contributed by atoms with Gasteiger partial charge in [-0.3, -0.25) is 0 Å². The van der Waals surface area contributed by atoms with Crippen molar-refractivity contribution in [1.29, 1.82) is 0 Å². The summed E-state index contributed by atoms with van der Waals surface area (Å²) in [6.07, 6.45) is 9.39. The number of allylic oxidation sites excluding steroid dienone is 3. The Morgan fingerprint density at radius 1 is 1.24 bits per heavy atom. The minimum absolute atomic E-state index is 0.109. The number of nitrogens with zero attached hydrogens (tertiary/aromatic N) is 6. The molecule has 4 rings (SSSR count). The molecule has 0 unspecified atom stereocenters. The van der Waals surface area contributed by atoms with Gasteiger partial charge in [0.1, 0.15) is 5.82 Å². The lowest BCUT2D eigenvalue weighted by Gasteiger charge is -2.35. The van der Waals surface area contributed by atoms with Crippen LogP contribution in [0.3, 0.4) is 0 Å². The third-order valence-electron chi connectivity index (χ3n) is 5.15. The molecule has 0 saturated carbocycles. The molecule has 0 atom stereocenters. The van der Waals surface area contributed by atoms with Crippen LogP contribution in [0.2, 0.25) is 0 Å². The summed E-state index contributed by atoms with van der Waals surface area (Å²) in [5.41, 5.74) is 3.66. The van der Waals surface area contributed by atoms with Gasteiger partial charge in [0.05, 0.1) is 12.3 Å². The molecule has 8 nitrogen and oxygen atoms in total. The molecule has 2 aliphatic heterocycles. The van der Waals surface area contributed by atoms with Gasteiger partial charge in [0, 0.05) is 62.5 Å². The number of carbonyl (C=O) groups is 1. The molecule has 2 aromatic rings. The van der Waals surface area contributed by atoms with E-state index in [9.17, 15) is 4.79 Å². The zero-order chi connectivity index (χ0) is 20.5. The van der Waals surface area contributed by atoms with Gasteiger partial charge in [0.25, 0.3) is 0 Å². The monoisotopic (exact) mass is 394 g/mol. The van der Waals surface area contributed by atoms with Crippen molar-refractivity contribution < 1.29 is 9.53 Å². The second-order valence-electron chi connectivity index (χ2n) is 7.50. The summed E-state index contributed by atoms with van der Waals surface area (Å²) >= 11 is 0. The predicted molar refractivity (Wildman–Crippen MR) is 112 cm³/mol. The highest BCUT2D eigenvalue weighted by Crippen LogP contribution is 2.30. The molecule has 152 valence electrons. The van der Waals surface area contributed by atoms with E-state index in [1.54, 1.807) is 9.42 Å². The number of rotatable bonds is 3. The van der Waals surface area contributed by atoms with Crippen molar-refractivity contribution >= 4 is 23.1 Å². The highest BCUT2D eigenvalue weighted by Gasteiger charge is 2.24. The van der Waals surface area contributed by atoms with Crippen molar-refractivity contribution in [3.8, 4) is 0 Å². The molecular formula is C21H26N6O2. The van der Waals surface area contributed by atoms with Crippen LogP contribution < -0.4 is 4.90 Å². The third-order valence-corrected chi connectivity index (χ3v) is 5.15. The van der Waals surface area contributed by atoms with Crippen molar-refractivity contribution in [3.05, 3.63) is 54.7 Å². The Hall–Kier alpha value is -3.29. The molecule has 1 amide bonds. The van der Waals surface area contributed by atoms with Crippen molar-refractivity contribution in [3.63, 3.8) is 0 Å². The lowest BCUT2D eigenvalue weighted by Crippen LogP contribution is -2.49. The Balaban J connectivity index is 1.54. The lowest BCUT2D eigenvalue weighted by atomic mass is 10.0. The Kier molecular flexibility index (Phi) is 5.00. The van der Waals surface area contributed by atoms with E-state index in [4.69, 9.17) is 9.72 Å². The molecule has 0 spiro atoms. The number of piperazine rings is 1. The van der Waals surface area contributed by atoms with Crippen molar-refractivity contribution in [1.82, 2.24) is 24.4 Å². The van der Waals surface area contributed by atoms with E-state index < -0.39 is 0 Å². The molecule has 4 heterocycles. The summed E-state index contributed by atoms with van der Waals surface area (Å²) in [6, 6.07) is 1.96. The second-order valence-corrected chi connectivity index (χ2v) is 7.50. The van der Waals surface area contributed by atoms with Gasteiger partial charge in [0.2, 0.25) is 0 Å². The Morgan fingerprint density at radius 3 is 2.72 bits per heavy atom. The number of fused-ring (bicyclic) bond motifs is 1. The molecule has 2 aromatic heterocycles. The summed E-state index contributed by atoms with van der Waals surface area (Å²) in [6.45, 7) is 10.5. The van der Waals surface area contributed by atoms with Crippen molar-refractivity contribution in [2.45, 2.75) is 20.0 Å². The Morgan fingerprint density at radius 2 is 2.00 bits per heavy atom. The maximum Gasteiger partial charge on any atom is 0.410 e. The van der Waals surface area contributed by atoms with E-state index in [0.29, 0.717) is 26.2 Å². The fourth-order valence-corrected chi connectivity index (χ4v) is 3.51. The number of amides is 1. The van der Waals surface area contributed by atoms with Gasteiger partial charge in [-0.25, -0.2) is 14.3 Å². The zero-order valence-electron chi connectivity index (χ0n) is 17.1. The first-order valence-corrected chi connectivity index (χ1v) is 9.80. The first-order chi connectivity index (χ1) is 13.9. The average Bonchev–Trinajstić information content (AvgIpc) is 3.13. The molecule has 0 bridgehead atoms. The summed E-state index contributed by atoms with van der Waals surface area (Å²) in [7, 11) is 1.97. The number of anilines is 1. The molecule has 1 saturated heterocycles. The summed E-state index contributed by atoms with van der Waals surface area (Å²) in [4.78, 5) is 22.9. The predicted octanol–water partition coefficient (Wildman–Crippen LogP) is 2.75. The first kappa shape index (κ1) is 19.0. The van der Waals surface area contributed by atoms with Crippen LogP contribution in [-0.4, -0.2) is 69.8 Å². The normalized spacial score (nSPS) is 17.3. The van der Waals surface area contributed by atoms with Crippen LogP contribution in [0.1, 0.15) is 19.4 Å². The van der Waals surface area contributed by atoms with Gasteiger partial charge in [-0.1, -0.05) is 12.7 Å². The summed E-state index contributed by atoms with van der Waals surface area (Å²) < 4.78 is 7.08. The molecule has 2 aliphatic rings. The highest BCUT2D eigenvalue weighted by atomic mass is 16.6. The molecule has 0 N–H and O–H groups in total. The van der Waals surface area contributed by atoms with Gasteiger partial charge < -0.3 is 19.4 Å². The van der Waals surface area contributed by atoms with Crippen LogP contribution >= 0.6 is 0 Å². The van der Waals surface area contributed by atoms with Gasteiger partial charge in [-0.2, -0.15) is 5.10 Å². The Bertz CT molecular complexity index is 998. The third kappa shape index (κ3) is 3.70. The first-order valence-electron chi connectivity index (χ1n) is 9.80. The summed E-state index contributed by atoms with van der Waals surface area (Å²) in [5.74, 6) is 0.877. The molecule has 0 aliphatic carbocycles. The van der Waals surface area contributed by atoms with Crippen LogP contribution in [0.5, 0.6) is 0 Å². The lowest BCUT2D eigenvalue weighted by molar-refractivity contribution is 0.0751.